The van der Waals surface area contributed by atoms with Crippen LogP contribution in [0.4, 0.5) is 10.1 Å². The Kier molecular flexibility index (Phi) is 4.43. The van der Waals surface area contributed by atoms with Gasteiger partial charge in [-0.15, -0.1) is 0 Å². The van der Waals surface area contributed by atoms with Crippen LogP contribution in [-0.2, 0) is 6.61 Å². The van der Waals surface area contributed by atoms with Crippen LogP contribution in [0, 0.1) is 5.82 Å². The zero-order valence-electron chi connectivity index (χ0n) is 10.9. The van der Waals surface area contributed by atoms with E-state index in [4.69, 9.17) is 4.74 Å². The van der Waals surface area contributed by atoms with E-state index in [1.165, 1.54) is 12.1 Å². The first-order valence-electron chi connectivity index (χ1n) is 5.90. The first-order valence-corrected chi connectivity index (χ1v) is 6.69. The minimum atomic E-state index is -0.269. The maximum Gasteiger partial charge on any atom is 0.124 e. The third kappa shape index (κ3) is 3.96. The summed E-state index contributed by atoms with van der Waals surface area (Å²) in [6.07, 6.45) is 0. The highest BCUT2D eigenvalue weighted by atomic mass is 79.9. The molecule has 0 N–H and O–H groups in total. The molecule has 0 atom stereocenters. The summed E-state index contributed by atoms with van der Waals surface area (Å²) >= 11 is 3.27. The van der Waals surface area contributed by atoms with E-state index >= 15 is 0 Å². The van der Waals surface area contributed by atoms with Crippen LogP contribution in [0.3, 0.4) is 0 Å². The monoisotopic (exact) mass is 323 g/mol. The molecule has 0 aliphatic rings. The number of hydrogen-bond acceptors (Lipinski definition) is 2. The summed E-state index contributed by atoms with van der Waals surface area (Å²) < 4.78 is 19.6. The van der Waals surface area contributed by atoms with Gasteiger partial charge in [-0.3, -0.25) is 0 Å². The molecule has 0 heterocycles. The molecule has 0 radical (unpaired) electrons. The molecule has 100 valence electrons. The molecule has 19 heavy (non-hydrogen) atoms. The summed E-state index contributed by atoms with van der Waals surface area (Å²) in [6, 6.07) is 12.5. The lowest BCUT2D eigenvalue weighted by Gasteiger charge is -2.14. The number of hydrogen-bond donors (Lipinski definition) is 0. The van der Waals surface area contributed by atoms with Crippen molar-refractivity contribution in [3.05, 3.63) is 58.3 Å². The molecule has 2 aromatic rings. The van der Waals surface area contributed by atoms with Crippen molar-refractivity contribution >= 4 is 21.6 Å². The molecule has 4 heteroatoms. The Hall–Kier alpha value is -1.55. The summed E-state index contributed by atoms with van der Waals surface area (Å²) in [7, 11) is 3.95. The van der Waals surface area contributed by atoms with Gasteiger partial charge >= 0.3 is 0 Å². The first kappa shape index (κ1) is 13.9. The quantitative estimate of drug-likeness (QED) is 0.834. The normalized spacial score (nSPS) is 10.3. The second kappa shape index (κ2) is 6.06. The molecule has 0 fully saturated rings. The van der Waals surface area contributed by atoms with Crippen molar-refractivity contribution in [1.29, 1.82) is 0 Å². The highest BCUT2D eigenvalue weighted by Gasteiger charge is 2.02. The minimum absolute atomic E-state index is 0.269. The van der Waals surface area contributed by atoms with Gasteiger partial charge in [0.25, 0.3) is 0 Å². The van der Waals surface area contributed by atoms with Crippen molar-refractivity contribution < 1.29 is 9.13 Å². The van der Waals surface area contributed by atoms with E-state index in [9.17, 15) is 4.39 Å². The van der Waals surface area contributed by atoms with Crippen LogP contribution in [0.5, 0.6) is 5.75 Å². The van der Waals surface area contributed by atoms with E-state index in [1.54, 1.807) is 0 Å². The molecule has 0 bridgehead atoms. The molecule has 0 aliphatic carbocycles. The Balaban J connectivity index is 2.07. The van der Waals surface area contributed by atoms with Gasteiger partial charge in [0.05, 0.1) is 0 Å². The molecule has 2 nitrogen and oxygen atoms in total. The molecular formula is C15H15BrFNO. The van der Waals surface area contributed by atoms with Crippen LogP contribution in [0.2, 0.25) is 0 Å². The van der Waals surface area contributed by atoms with Crippen LogP contribution in [-0.4, -0.2) is 14.1 Å². The molecule has 0 spiro atoms. The van der Waals surface area contributed by atoms with Gasteiger partial charge < -0.3 is 9.64 Å². The van der Waals surface area contributed by atoms with E-state index in [1.807, 2.05) is 49.3 Å². The third-order valence-corrected chi connectivity index (χ3v) is 3.12. The molecule has 2 rings (SSSR count). The van der Waals surface area contributed by atoms with E-state index in [0.29, 0.717) is 11.1 Å². The zero-order chi connectivity index (χ0) is 13.8. The average molecular weight is 324 g/mol. The highest BCUT2D eigenvalue weighted by molar-refractivity contribution is 9.10. The first-order chi connectivity index (χ1) is 9.04. The fourth-order valence-corrected chi connectivity index (χ4v) is 2.23. The van der Waals surface area contributed by atoms with Crippen molar-refractivity contribution in [2.75, 3.05) is 19.0 Å². The van der Waals surface area contributed by atoms with Gasteiger partial charge in [-0.1, -0.05) is 22.0 Å². The van der Waals surface area contributed by atoms with Gasteiger partial charge in [0.1, 0.15) is 18.2 Å². The number of anilines is 1. The summed E-state index contributed by atoms with van der Waals surface area (Å²) in [4.78, 5) is 2.01. The third-order valence-electron chi connectivity index (χ3n) is 2.66. The van der Waals surface area contributed by atoms with Gasteiger partial charge in [-0.25, -0.2) is 4.39 Å². The minimum Gasteiger partial charge on any atom is -0.489 e. The molecule has 2 aromatic carbocycles. The zero-order valence-corrected chi connectivity index (χ0v) is 12.4. The van der Waals surface area contributed by atoms with Crippen molar-refractivity contribution in [2.45, 2.75) is 6.61 Å². The van der Waals surface area contributed by atoms with Crippen molar-refractivity contribution in [3.63, 3.8) is 0 Å². The second-order valence-electron chi connectivity index (χ2n) is 4.46. The van der Waals surface area contributed by atoms with Gasteiger partial charge in [0.2, 0.25) is 0 Å². The Morgan fingerprint density at radius 1 is 1.16 bits per heavy atom. The molecule has 0 aliphatic heterocycles. The van der Waals surface area contributed by atoms with Gasteiger partial charge in [-0.05, 0) is 35.9 Å². The Morgan fingerprint density at radius 2 is 1.95 bits per heavy atom. The molecule has 0 saturated heterocycles. The van der Waals surface area contributed by atoms with Crippen molar-refractivity contribution in [2.24, 2.45) is 0 Å². The topological polar surface area (TPSA) is 12.5 Å². The Morgan fingerprint density at radius 3 is 2.63 bits per heavy atom. The second-order valence-corrected chi connectivity index (χ2v) is 5.37. The SMILES string of the molecule is CN(C)c1cccc(OCc2cc(F)cc(Br)c2)c1. The lowest BCUT2D eigenvalue weighted by atomic mass is 10.2. The molecule has 0 unspecified atom stereocenters. The van der Waals surface area contributed by atoms with E-state index in [0.717, 1.165) is 17.0 Å². The Bertz CT molecular complexity index is 552. The number of nitrogens with zero attached hydrogens (tertiary/aromatic N) is 1. The predicted octanol–water partition coefficient (Wildman–Crippen LogP) is 4.23. The summed E-state index contributed by atoms with van der Waals surface area (Å²) in [5, 5.41) is 0. The smallest absolute Gasteiger partial charge is 0.124 e. The van der Waals surface area contributed by atoms with Crippen LogP contribution in [0.25, 0.3) is 0 Å². The molecular weight excluding hydrogens is 309 g/mol. The lowest BCUT2D eigenvalue weighted by Crippen LogP contribution is -2.08. The van der Waals surface area contributed by atoms with E-state index < -0.39 is 0 Å². The standard InChI is InChI=1S/C15H15BrFNO/c1-18(2)14-4-3-5-15(9-14)19-10-11-6-12(16)8-13(17)7-11/h3-9H,10H2,1-2H3. The van der Waals surface area contributed by atoms with Crippen LogP contribution >= 0.6 is 15.9 Å². The summed E-state index contributed by atoms with van der Waals surface area (Å²) in [5.74, 6) is 0.501. The summed E-state index contributed by atoms with van der Waals surface area (Å²) in [5.41, 5.74) is 1.86. The maximum absolute atomic E-state index is 13.2. The lowest BCUT2D eigenvalue weighted by molar-refractivity contribution is 0.305. The van der Waals surface area contributed by atoms with Crippen molar-refractivity contribution in [3.8, 4) is 5.75 Å². The largest absolute Gasteiger partial charge is 0.489 e. The molecule has 0 amide bonds. The van der Waals surface area contributed by atoms with Gasteiger partial charge in [0, 0.05) is 30.3 Å². The van der Waals surface area contributed by atoms with Crippen LogP contribution < -0.4 is 9.64 Å². The van der Waals surface area contributed by atoms with Gasteiger partial charge in [0.15, 0.2) is 0 Å². The van der Waals surface area contributed by atoms with Crippen LogP contribution in [0.15, 0.2) is 46.9 Å². The predicted molar refractivity (Wildman–Crippen MR) is 79.2 cm³/mol. The summed E-state index contributed by atoms with van der Waals surface area (Å²) in [6.45, 7) is 0.341. The number of benzene rings is 2. The Labute approximate surface area is 120 Å². The fourth-order valence-electron chi connectivity index (χ4n) is 1.71. The fraction of sp³-hybridized carbons (Fsp3) is 0.200. The average Bonchev–Trinajstić information content (AvgIpc) is 2.35. The number of rotatable bonds is 4. The van der Waals surface area contributed by atoms with Crippen LogP contribution in [0.1, 0.15) is 5.56 Å². The van der Waals surface area contributed by atoms with E-state index in [-0.39, 0.29) is 5.82 Å². The number of halogens is 2. The highest BCUT2D eigenvalue weighted by Crippen LogP contribution is 2.21. The van der Waals surface area contributed by atoms with Gasteiger partial charge in [-0.2, -0.15) is 0 Å². The van der Waals surface area contributed by atoms with Crippen molar-refractivity contribution in [1.82, 2.24) is 0 Å². The van der Waals surface area contributed by atoms with E-state index in [2.05, 4.69) is 15.9 Å². The molecule has 0 saturated carbocycles. The molecule has 0 aromatic heterocycles. The number of ether oxygens (including phenoxy) is 1. The maximum atomic E-state index is 13.2.